The lowest BCUT2D eigenvalue weighted by atomic mass is 9.81. The second kappa shape index (κ2) is 7.27. The smallest absolute Gasteiger partial charge is 0.331 e. The second-order valence-corrected chi connectivity index (χ2v) is 6.62. The zero-order valence-corrected chi connectivity index (χ0v) is 14.9. The van der Waals surface area contributed by atoms with E-state index in [9.17, 15) is 14.0 Å². The molecule has 0 unspecified atom stereocenters. The van der Waals surface area contributed by atoms with Crippen LogP contribution in [-0.4, -0.2) is 34.3 Å². The molecule has 1 N–H and O–H groups in total. The molecule has 1 aromatic carbocycles. The fraction of sp³-hybridized carbons (Fsp3) is 0.421. The summed E-state index contributed by atoms with van der Waals surface area (Å²) in [5.74, 6) is -1.11. The Hall–Kier alpha value is -2.70. The fourth-order valence-electron chi connectivity index (χ4n) is 3.49. The van der Waals surface area contributed by atoms with Gasteiger partial charge in [0.05, 0.1) is 30.3 Å². The molecule has 1 aliphatic carbocycles. The number of methoxy groups -OCH3 is 1. The first-order chi connectivity index (χ1) is 12.5. The molecule has 1 aliphatic rings. The van der Waals surface area contributed by atoms with E-state index in [1.165, 1.54) is 25.4 Å². The van der Waals surface area contributed by atoms with E-state index < -0.39 is 11.5 Å². The first-order valence-corrected chi connectivity index (χ1v) is 8.68. The van der Waals surface area contributed by atoms with Crippen LogP contribution in [-0.2, 0) is 9.53 Å². The number of hydrogen-bond donors (Lipinski definition) is 1. The van der Waals surface area contributed by atoms with Gasteiger partial charge in [-0.3, -0.25) is 4.79 Å². The van der Waals surface area contributed by atoms with Crippen LogP contribution < -0.4 is 5.32 Å². The van der Waals surface area contributed by atoms with Crippen LogP contribution in [0.1, 0.15) is 48.2 Å². The highest BCUT2D eigenvalue weighted by Gasteiger charge is 2.42. The molecule has 138 valence electrons. The lowest BCUT2D eigenvalue weighted by molar-refractivity contribution is -0.149. The van der Waals surface area contributed by atoms with Gasteiger partial charge in [0.25, 0.3) is 5.91 Å². The van der Waals surface area contributed by atoms with Gasteiger partial charge in [0.1, 0.15) is 11.4 Å². The summed E-state index contributed by atoms with van der Waals surface area (Å²) < 4.78 is 19.6. The zero-order valence-electron chi connectivity index (χ0n) is 14.9. The maximum Gasteiger partial charge on any atom is 0.331 e. The Balaban J connectivity index is 1.86. The Morgan fingerprint density at radius 1 is 1.19 bits per heavy atom. The number of carbonyl (C=O) groups excluding carboxylic acids is 2. The molecule has 1 heterocycles. The molecule has 1 aromatic heterocycles. The zero-order chi connectivity index (χ0) is 18.7. The van der Waals surface area contributed by atoms with Gasteiger partial charge in [-0.15, -0.1) is 0 Å². The SMILES string of the molecule is COC(=O)C1(NC(=O)c2cnn(-c3ccc(F)cc3)c2C)CCCCC1. The summed E-state index contributed by atoms with van der Waals surface area (Å²) in [5.41, 5.74) is 0.672. The molecule has 0 atom stereocenters. The van der Waals surface area contributed by atoms with Crippen LogP contribution in [0, 0.1) is 12.7 Å². The van der Waals surface area contributed by atoms with Crippen LogP contribution in [0.4, 0.5) is 4.39 Å². The number of hydrogen-bond acceptors (Lipinski definition) is 4. The van der Waals surface area contributed by atoms with Crippen LogP contribution in [0.25, 0.3) is 5.69 Å². The van der Waals surface area contributed by atoms with E-state index >= 15 is 0 Å². The third kappa shape index (κ3) is 3.34. The largest absolute Gasteiger partial charge is 0.467 e. The van der Waals surface area contributed by atoms with Crippen molar-refractivity contribution in [2.45, 2.75) is 44.6 Å². The number of amides is 1. The van der Waals surface area contributed by atoms with Crippen molar-refractivity contribution in [3.8, 4) is 5.69 Å². The molecule has 0 saturated heterocycles. The lowest BCUT2D eigenvalue weighted by Crippen LogP contribution is -2.56. The Morgan fingerprint density at radius 3 is 2.46 bits per heavy atom. The van der Waals surface area contributed by atoms with Gasteiger partial charge in [-0.2, -0.15) is 5.10 Å². The minimum atomic E-state index is -0.978. The van der Waals surface area contributed by atoms with Crippen LogP contribution >= 0.6 is 0 Å². The van der Waals surface area contributed by atoms with Gasteiger partial charge >= 0.3 is 5.97 Å². The van der Waals surface area contributed by atoms with Crippen LogP contribution in [0.5, 0.6) is 0 Å². The number of carbonyl (C=O) groups is 2. The summed E-state index contributed by atoms with van der Waals surface area (Å²) >= 11 is 0. The van der Waals surface area contributed by atoms with Gasteiger partial charge in [-0.25, -0.2) is 13.9 Å². The molecule has 2 aromatic rings. The molecule has 7 heteroatoms. The van der Waals surface area contributed by atoms with Gasteiger partial charge < -0.3 is 10.1 Å². The van der Waals surface area contributed by atoms with E-state index in [1.54, 1.807) is 23.7 Å². The molecule has 0 radical (unpaired) electrons. The maximum atomic E-state index is 13.1. The van der Waals surface area contributed by atoms with Crippen LogP contribution in [0.3, 0.4) is 0 Å². The lowest BCUT2D eigenvalue weighted by Gasteiger charge is -2.35. The van der Waals surface area contributed by atoms with E-state index in [-0.39, 0.29) is 11.7 Å². The number of benzene rings is 1. The molecule has 1 fully saturated rings. The van der Waals surface area contributed by atoms with E-state index in [0.29, 0.717) is 29.8 Å². The number of aromatic nitrogens is 2. The summed E-state index contributed by atoms with van der Waals surface area (Å²) in [6.45, 7) is 1.76. The number of esters is 1. The molecule has 3 rings (SSSR count). The first kappa shape index (κ1) is 18.1. The monoisotopic (exact) mass is 359 g/mol. The molecular weight excluding hydrogens is 337 g/mol. The summed E-state index contributed by atoms with van der Waals surface area (Å²) in [6, 6.07) is 5.86. The number of nitrogens with zero attached hydrogens (tertiary/aromatic N) is 2. The average Bonchev–Trinajstić information content (AvgIpc) is 3.04. The molecule has 1 saturated carbocycles. The average molecular weight is 359 g/mol. The van der Waals surface area contributed by atoms with E-state index in [2.05, 4.69) is 10.4 Å². The molecular formula is C19H22FN3O3. The third-order valence-electron chi connectivity index (χ3n) is 4.96. The first-order valence-electron chi connectivity index (χ1n) is 8.68. The van der Waals surface area contributed by atoms with E-state index in [0.717, 1.165) is 19.3 Å². The van der Waals surface area contributed by atoms with E-state index in [1.807, 2.05) is 0 Å². The van der Waals surface area contributed by atoms with Crippen molar-refractivity contribution in [1.29, 1.82) is 0 Å². The molecule has 0 aliphatic heterocycles. The highest BCUT2D eigenvalue weighted by atomic mass is 19.1. The highest BCUT2D eigenvalue weighted by Crippen LogP contribution is 2.30. The second-order valence-electron chi connectivity index (χ2n) is 6.62. The van der Waals surface area contributed by atoms with Gasteiger partial charge in [0, 0.05) is 0 Å². The normalized spacial score (nSPS) is 16.1. The number of ether oxygens (including phenoxy) is 1. The minimum Gasteiger partial charge on any atom is -0.467 e. The quantitative estimate of drug-likeness (QED) is 0.852. The summed E-state index contributed by atoms with van der Waals surface area (Å²) in [5, 5.41) is 7.12. The standard InChI is InChI=1S/C19H22FN3O3/c1-13-16(12-21-23(13)15-8-6-14(20)7-9-15)17(24)22-19(18(25)26-2)10-4-3-5-11-19/h6-9,12H,3-5,10-11H2,1-2H3,(H,22,24). The van der Waals surface area contributed by atoms with Crippen molar-refractivity contribution in [1.82, 2.24) is 15.1 Å². The molecule has 0 spiro atoms. The fourth-order valence-corrected chi connectivity index (χ4v) is 3.49. The maximum absolute atomic E-state index is 13.1. The predicted octanol–water partition coefficient (Wildman–Crippen LogP) is 2.93. The summed E-state index contributed by atoms with van der Waals surface area (Å²) in [4.78, 5) is 25.1. The van der Waals surface area contributed by atoms with Crippen molar-refractivity contribution >= 4 is 11.9 Å². The van der Waals surface area contributed by atoms with Crippen molar-refractivity contribution in [2.24, 2.45) is 0 Å². The van der Waals surface area contributed by atoms with Crippen LogP contribution in [0.15, 0.2) is 30.5 Å². The van der Waals surface area contributed by atoms with Crippen LogP contribution in [0.2, 0.25) is 0 Å². The van der Waals surface area contributed by atoms with Gasteiger partial charge in [0.15, 0.2) is 0 Å². The van der Waals surface area contributed by atoms with Gasteiger partial charge in [-0.05, 0) is 44.0 Å². The minimum absolute atomic E-state index is 0.339. The molecule has 6 nitrogen and oxygen atoms in total. The Kier molecular flexibility index (Phi) is 5.06. The van der Waals surface area contributed by atoms with E-state index in [4.69, 9.17) is 4.74 Å². The highest BCUT2D eigenvalue weighted by molar-refractivity contribution is 5.99. The summed E-state index contributed by atoms with van der Waals surface area (Å²) in [7, 11) is 1.34. The number of rotatable bonds is 4. The van der Waals surface area contributed by atoms with Crippen molar-refractivity contribution in [3.63, 3.8) is 0 Å². The van der Waals surface area contributed by atoms with Gasteiger partial charge in [0.2, 0.25) is 0 Å². The Bertz CT molecular complexity index is 808. The predicted molar refractivity (Wildman–Crippen MR) is 93.6 cm³/mol. The van der Waals surface area contributed by atoms with Crippen molar-refractivity contribution < 1.29 is 18.7 Å². The van der Waals surface area contributed by atoms with Crippen molar-refractivity contribution in [3.05, 3.63) is 47.5 Å². The molecule has 0 bridgehead atoms. The molecule has 1 amide bonds. The van der Waals surface area contributed by atoms with Gasteiger partial charge in [-0.1, -0.05) is 19.3 Å². The van der Waals surface area contributed by atoms with Crippen molar-refractivity contribution in [2.75, 3.05) is 7.11 Å². The molecule has 26 heavy (non-hydrogen) atoms. The number of nitrogens with one attached hydrogen (secondary N) is 1. The summed E-state index contributed by atoms with van der Waals surface area (Å²) in [6.07, 6.45) is 5.36. The Labute approximate surface area is 151 Å². The Morgan fingerprint density at radius 2 is 1.85 bits per heavy atom. The third-order valence-corrected chi connectivity index (χ3v) is 4.96. The number of halogens is 1. The topological polar surface area (TPSA) is 73.2 Å².